The van der Waals surface area contributed by atoms with E-state index < -0.39 is 0 Å². The van der Waals surface area contributed by atoms with Gasteiger partial charge in [0, 0.05) is 22.9 Å². The Labute approximate surface area is 187 Å². The van der Waals surface area contributed by atoms with Crippen LogP contribution in [0, 0.1) is 11.3 Å². The van der Waals surface area contributed by atoms with Crippen LogP contribution < -0.4 is 15.4 Å². The van der Waals surface area contributed by atoms with Gasteiger partial charge < -0.3 is 15.4 Å². The number of carbonyl (C=O) groups is 2. The van der Waals surface area contributed by atoms with Crippen molar-refractivity contribution >= 4 is 17.5 Å². The Balaban J connectivity index is 1.60. The monoisotopic (exact) mass is 427 g/mol. The second-order valence-electron chi connectivity index (χ2n) is 7.64. The van der Waals surface area contributed by atoms with Crippen LogP contribution in [0.1, 0.15) is 40.9 Å². The summed E-state index contributed by atoms with van der Waals surface area (Å²) in [6.45, 7) is 4.07. The molecule has 0 radical (unpaired) electrons. The number of nitriles is 1. The van der Waals surface area contributed by atoms with Crippen molar-refractivity contribution in [3.05, 3.63) is 95.1 Å². The van der Waals surface area contributed by atoms with Gasteiger partial charge in [0.2, 0.25) is 5.91 Å². The highest BCUT2D eigenvalue weighted by molar-refractivity contribution is 6.04. The molecule has 3 aromatic carbocycles. The lowest BCUT2D eigenvalue weighted by Gasteiger charge is -2.10. The summed E-state index contributed by atoms with van der Waals surface area (Å²) in [4.78, 5) is 24.5. The summed E-state index contributed by atoms with van der Waals surface area (Å²) in [6, 6.07) is 23.5. The van der Waals surface area contributed by atoms with Crippen molar-refractivity contribution in [3.8, 4) is 11.8 Å². The fourth-order valence-corrected chi connectivity index (χ4v) is 3.11. The highest BCUT2D eigenvalue weighted by Crippen LogP contribution is 2.18. The van der Waals surface area contributed by atoms with Crippen molar-refractivity contribution in [1.82, 2.24) is 5.32 Å². The summed E-state index contributed by atoms with van der Waals surface area (Å²) in [7, 11) is 0. The van der Waals surface area contributed by atoms with E-state index in [1.165, 1.54) is 0 Å². The van der Waals surface area contributed by atoms with Crippen molar-refractivity contribution < 1.29 is 14.3 Å². The summed E-state index contributed by atoms with van der Waals surface area (Å²) in [5.41, 5.74) is 3.31. The zero-order valence-electron chi connectivity index (χ0n) is 18.1. The number of rotatable bonds is 8. The summed E-state index contributed by atoms with van der Waals surface area (Å²) < 4.78 is 5.79. The molecule has 0 atom stereocenters. The first-order chi connectivity index (χ1) is 15.4. The van der Waals surface area contributed by atoms with Crippen LogP contribution in [0.5, 0.6) is 5.75 Å². The number of anilines is 1. The first-order valence-corrected chi connectivity index (χ1v) is 10.3. The fraction of sp³-hybridized carbons (Fsp3) is 0.192. The number of benzene rings is 3. The number of hydrogen-bond donors (Lipinski definition) is 2. The zero-order chi connectivity index (χ0) is 22.9. The highest BCUT2D eigenvalue weighted by Gasteiger charge is 2.10. The van der Waals surface area contributed by atoms with Gasteiger partial charge in [-0.25, -0.2) is 0 Å². The molecular formula is C26H25N3O3. The minimum atomic E-state index is -0.266. The Kier molecular flexibility index (Phi) is 7.60. The molecule has 0 spiro atoms. The number of carbonyl (C=O) groups excluding carboxylic acids is 2. The molecule has 0 saturated heterocycles. The molecule has 32 heavy (non-hydrogen) atoms. The van der Waals surface area contributed by atoms with E-state index >= 15 is 0 Å². The van der Waals surface area contributed by atoms with Crippen LogP contribution in [0.4, 0.5) is 5.69 Å². The van der Waals surface area contributed by atoms with Crippen LogP contribution in [-0.4, -0.2) is 17.9 Å². The molecular weight excluding hydrogens is 402 g/mol. The summed E-state index contributed by atoms with van der Waals surface area (Å²) >= 11 is 0. The van der Waals surface area contributed by atoms with E-state index in [2.05, 4.69) is 16.7 Å². The average molecular weight is 428 g/mol. The van der Waals surface area contributed by atoms with Gasteiger partial charge in [-0.1, -0.05) is 36.4 Å². The van der Waals surface area contributed by atoms with E-state index in [4.69, 9.17) is 4.74 Å². The van der Waals surface area contributed by atoms with E-state index in [9.17, 15) is 14.9 Å². The van der Waals surface area contributed by atoms with Gasteiger partial charge in [0.1, 0.15) is 12.4 Å². The van der Waals surface area contributed by atoms with Crippen LogP contribution >= 0.6 is 0 Å². The lowest BCUT2D eigenvalue weighted by Crippen LogP contribution is -2.31. The Morgan fingerprint density at radius 1 is 1.00 bits per heavy atom. The number of hydrogen-bond acceptors (Lipinski definition) is 4. The molecule has 0 bridgehead atoms. The van der Waals surface area contributed by atoms with Gasteiger partial charge in [-0.2, -0.15) is 5.26 Å². The molecule has 2 amide bonds. The van der Waals surface area contributed by atoms with Gasteiger partial charge in [0.25, 0.3) is 5.91 Å². The van der Waals surface area contributed by atoms with Crippen LogP contribution in [0.2, 0.25) is 0 Å². The Hall–Kier alpha value is -4.11. The summed E-state index contributed by atoms with van der Waals surface area (Å²) in [6.07, 6.45) is 0.292. The number of nitrogens with zero attached hydrogens (tertiary/aromatic N) is 1. The predicted molar refractivity (Wildman–Crippen MR) is 123 cm³/mol. The minimum absolute atomic E-state index is 0.0361. The van der Waals surface area contributed by atoms with Gasteiger partial charge in [0.05, 0.1) is 18.1 Å². The molecule has 6 nitrogen and oxygen atoms in total. The van der Waals surface area contributed by atoms with Crippen molar-refractivity contribution in [1.29, 1.82) is 5.26 Å². The van der Waals surface area contributed by atoms with Gasteiger partial charge in [-0.05, 0) is 55.8 Å². The van der Waals surface area contributed by atoms with Crippen LogP contribution in [0.15, 0.2) is 72.8 Å². The molecule has 0 heterocycles. The average Bonchev–Trinajstić information content (AvgIpc) is 2.78. The van der Waals surface area contributed by atoms with Gasteiger partial charge in [-0.15, -0.1) is 0 Å². The molecule has 3 aromatic rings. The molecule has 6 heteroatoms. The number of nitrogens with one attached hydrogen (secondary N) is 2. The standard InChI is InChI=1S/C26H25N3O3/c1-18(2)28-25(30)14-19-10-12-23(13-11-19)29-26(31)20-8-5-9-24(15-20)32-17-22-7-4-3-6-21(22)16-27/h3-13,15,18H,14,17H2,1-2H3,(H,28,30)(H,29,31). The van der Waals surface area contributed by atoms with Crippen molar-refractivity contribution in [2.24, 2.45) is 0 Å². The van der Waals surface area contributed by atoms with Gasteiger partial charge in [0.15, 0.2) is 0 Å². The van der Waals surface area contributed by atoms with E-state index in [1.807, 2.05) is 38.1 Å². The second kappa shape index (κ2) is 10.8. The lowest BCUT2D eigenvalue weighted by molar-refractivity contribution is -0.120. The third kappa shape index (κ3) is 6.44. The van der Waals surface area contributed by atoms with Crippen LogP contribution in [0.3, 0.4) is 0 Å². The SMILES string of the molecule is CC(C)NC(=O)Cc1ccc(NC(=O)c2cccc(OCc3ccccc3C#N)c2)cc1. The second-order valence-corrected chi connectivity index (χ2v) is 7.64. The van der Waals surface area contributed by atoms with Crippen LogP contribution in [-0.2, 0) is 17.8 Å². The minimum Gasteiger partial charge on any atom is -0.489 e. The third-order valence-electron chi connectivity index (χ3n) is 4.65. The Morgan fingerprint density at radius 2 is 1.75 bits per heavy atom. The third-order valence-corrected chi connectivity index (χ3v) is 4.65. The molecule has 162 valence electrons. The fourth-order valence-electron chi connectivity index (χ4n) is 3.11. The highest BCUT2D eigenvalue weighted by atomic mass is 16.5. The van der Waals surface area contributed by atoms with E-state index in [-0.39, 0.29) is 24.5 Å². The van der Waals surface area contributed by atoms with Crippen molar-refractivity contribution in [2.45, 2.75) is 32.9 Å². The lowest BCUT2D eigenvalue weighted by atomic mass is 10.1. The predicted octanol–water partition coefficient (Wildman–Crippen LogP) is 4.46. The number of amides is 2. The van der Waals surface area contributed by atoms with Crippen molar-refractivity contribution in [2.75, 3.05) is 5.32 Å². The molecule has 0 aliphatic carbocycles. The van der Waals surface area contributed by atoms with Crippen molar-refractivity contribution in [3.63, 3.8) is 0 Å². The molecule has 0 aliphatic heterocycles. The molecule has 2 N–H and O–H groups in total. The molecule has 0 aromatic heterocycles. The maximum Gasteiger partial charge on any atom is 0.255 e. The van der Waals surface area contributed by atoms with Crippen LogP contribution in [0.25, 0.3) is 0 Å². The van der Waals surface area contributed by atoms with E-state index in [0.29, 0.717) is 29.0 Å². The van der Waals surface area contributed by atoms with E-state index in [0.717, 1.165) is 11.1 Å². The number of ether oxygens (including phenoxy) is 1. The molecule has 0 fully saturated rings. The first-order valence-electron chi connectivity index (χ1n) is 10.3. The topological polar surface area (TPSA) is 91.2 Å². The molecule has 0 unspecified atom stereocenters. The molecule has 3 rings (SSSR count). The van der Waals surface area contributed by atoms with Gasteiger partial charge >= 0.3 is 0 Å². The molecule has 0 aliphatic rings. The largest absolute Gasteiger partial charge is 0.489 e. The maximum absolute atomic E-state index is 12.7. The summed E-state index contributed by atoms with van der Waals surface area (Å²) in [5.74, 6) is 0.237. The molecule has 0 saturated carbocycles. The maximum atomic E-state index is 12.7. The van der Waals surface area contributed by atoms with Gasteiger partial charge in [-0.3, -0.25) is 9.59 Å². The Bertz CT molecular complexity index is 1130. The Morgan fingerprint density at radius 3 is 2.47 bits per heavy atom. The normalized spacial score (nSPS) is 10.3. The first kappa shape index (κ1) is 22.6. The zero-order valence-corrected chi connectivity index (χ0v) is 18.1. The quantitative estimate of drug-likeness (QED) is 0.555. The smallest absolute Gasteiger partial charge is 0.255 e. The van der Waals surface area contributed by atoms with E-state index in [1.54, 1.807) is 48.5 Å². The summed E-state index contributed by atoms with van der Waals surface area (Å²) in [5, 5.41) is 14.9.